The Balaban J connectivity index is 1.86. The number of rotatable bonds is 11. The molecule has 0 nitrogen and oxygen atoms in total. The predicted octanol–water partition coefficient (Wildman–Crippen LogP) is 10.1. The molecular formula is C35H42Sn. The fourth-order valence-corrected chi connectivity index (χ4v) is 23.7. The summed E-state index contributed by atoms with van der Waals surface area (Å²) in [6.45, 7) is 7.17. The molecule has 0 heterocycles. The van der Waals surface area contributed by atoms with Gasteiger partial charge >= 0.3 is 224 Å². The molecule has 4 aromatic rings. The summed E-state index contributed by atoms with van der Waals surface area (Å²) in [5.74, 6) is 0.328. The molecular weight excluding hydrogens is 539 g/mol. The SMILES string of the molecule is CCC[CH2][Sn]([CH2]CCC)([CH2]CCC)[c]1cc2ccccc2c2c1-c1ccccc1C2c1ccccc1. The second kappa shape index (κ2) is 11.5. The monoisotopic (exact) mass is 582 g/mol. The standard InChI is InChI=1S/C23H15.3C4H9.Sn/c1-2-9-17(10-3-1)22-20-13-7-6-12-19(20)21-15-14-16-8-4-5-11-18(16)23(21)22;3*1-3-4-2;/h1-14,22H;3*1,3-4H2,2H3;. The number of hydrogen-bond donors (Lipinski definition) is 0. The zero-order chi connectivity index (χ0) is 25.0. The number of hydrogen-bond acceptors (Lipinski definition) is 0. The molecule has 0 N–H and O–H groups in total. The van der Waals surface area contributed by atoms with Crippen molar-refractivity contribution in [2.24, 2.45) is 0 Å². The van der Waals surface area contributed by atoms with Crippen LogP contribution < -0.4 is 3.58 Å². The van der Waals surface area contributed by atoms with Crippen molar-refractivity contribution in [3.05, 3.63) is 102 Å². The van der Waals surface area contributed by atoms with Gasteiger partial charge in [0.05, 0.1) is 0 Å². The molecule has 0 fully saturated rings. The molecule has 0 aliphatic heterocycles. The minimum atomic E-state index is -2.71. The molecule has 0 radical (unpaired) electrons. The zero-order valence-electron chi connectivity index (χ0n) is 22.5. The van der Waals surface area contributed by atoms with Crippen LogP contribution in [-0.2, 0) is 0 Å². The van der Waals surface area contributed by atoms with Crippen molar-refractivity contribution >= 4 is 32.7 Å². The van der Waals surface area contributed by atoms with Crippen LogP contribution in [0.15, 0.2) is 84.9 Å². The van der Waals surface area contributed by atoms with E-state index in [2.05, 4.69) is 106 Å². The Morgan fingerprint density at radius 3 is 1.89 bits per heavy atom. The summed E-state index contributed by atoms with van der Waals surface area (Å²) < 4.78 is 6.37. The zero-order valence-corrected chi connectivity index (χ0v) is 25.4. The first-order valence-electron chi connectivity index (χ1n) is 14.4. The molecule has 1 atom stereocenters. The molecule has 0 spiro atoms. The van der Waals surface area contributed by atoms with Crippen molar-refractivity contribution in [3.8, 4) is 11.1 Å². The normalized spacial score (nSPS) is 14.7. The first kappa shape index (κ1) is 25.6. The van der Waals surface area contributed by atoms with E-state index in [4.69, 9.17) is 0 Å². The van der Waals surface area contributed by atoms with Crippen LogP contribution in [0.4, 0.5) is 0 Å². The van der Waals surface area contributed by atoms with Gasteiger partial charge in [-0.15, -0.1) is 0 Å². The third kappa shape index (κ3) is 4.67. The molecule has 1 aliphatic rings. The summed E-state index contributed by atoms with van der Waals surface area (Å²) in [5, 5.41) is 2.92. The molecule has 0 bridgehead atoms. The Hall–Kier alpha value is -2.06. The summed E-state index contributed by atoms with van der Waals surface area (Å²) in [5.41, 5.74) is 7.71. The average Bonchev–Trinajstić information content (AvgIpc) is 3.28. The predicted molar refractivity (Wildman–Crippen MR) is 161 cm³/mol. The number of unbranched alkanes of at least 4 members (excludes halogenated alkanes) is 3. The van der Waals surface area contributed by atoms with Crippen molar-refractivity contribution in [3.63, 3.8) is 0 Å². The Kier molecular flexibility index (Phi) is 8.21. The van der Waals surface area contributed by atoms with Crippen LogP contribution in [0.1, 0.15) is 81.9 Å². The Labute approximate surface area is 223 Å². The molecule has 0 saturated heterocycles. The molecule has 1 unspecified atom stereocenters. The molecule has 36 heavy (non-hydrogen) atoms. The summed E-state index contributed by atoms with van der Waals surface area (Å²) in [7, 11) is 0. The van der Waals surface area contributed by atoms with E-state index in [9.17, 15) is 0 Å². The molecule has 1 aliphatic carbocycles. The van der Waals surface area contributed by atoms with E-state index in [1.54, 1.807) is 11.1 Å². The maximum absolute atomic E-state index is 2.71. The van der Waals surface area contributed by atoms with E-state index in [1.807, 2.05) is 3.58 Å². The van der Waals surface area contributed by atoms with Gasteiger partial charge in [-0.1, -0.05) is 0 Å². The fourth-order valence-electron chi connectivity index (χ4n) is 6.83. The summed E-state index contributed by atoms with van der Waals surface area (Å²) in [6, 6.07) is 32.6. The van der Waals surface area contributed by atoms with Crippen LogP contribution in [0.5, 0.6) is 0 Å². The van der Waals surface area contributed by atoms with Gasteiger partial charge in [0.25, 0.3) is 0 Å². The van der Waals surface area contributed by atoms with Gasteiger partial charge in [0.1, 0.15) is 0 Å². The van der Waals surface area contributed by atoms with E-state index in [0.29, 0.717) is 5.92 Å². The van der Waals surface area contributed by atoms with Crippen LogP contribution in [-0.4, -0.2) is 18.4 Å². The van der Waals surface area contributed by atoms with E-state index in [-0.39, 0.29) is 0 Å². The second-order valence-corrected chi connectivity index (χ2v) is 24.1. The van der Waals surface area contributed by atoms with Gasteiger partial charge in [-0.2, -0.15) is 0 Å². The summed E-state index contributed by atoms with van der Waals surface area (Å²) in [4.78, 5) is 0. The Morgan fingerprint density at radius 1 is 0.639 bits per heavy atom. The first-order chi connectivity index (χ1) is 17.7. The summed E-state index contributed by atoms with van der Waals surface area (Å²) in [6.07, 6.45) is 8.14. The van der Waals surface area contributed by atoms with E-state index >= 15 is 0 Å². The topological polar surface area (TPSA) is 0 Å². The van der Waals surface area contributed by atoms with Crippen molar-refractivity contribution < 1.29 is 0 Å². The van der Waals surface area contributed by atoms with E-state index in [0.717, 1.165) is 0 Å². The minimum absolute atomic E-state index is 0.328. The summed E-state index contributed by atoms with van der Waals surface area (Å²) >= 11 is -2.71. The second-order valence-electron chi connectivity index (χ2n) is 11.0. The van der Waals surface area contributed by atoms with E-state index in [1.165, 1.54) is 79.3 Å². The van der Waals surface area contributed by atoms with Crippen molar-refractivity contribution in [1.82, 2.24) is 0 Å². The van der Waals surface area contributed by atoms with Crippen molar-refractivity contribution in [2.75, 3.05) is 0 Å². The van der Waals surface area contributed by atoms with Gasteiger partial charge in [-0.25, -0.2) is 0 Å². The van der Waals surface area contributed by atoms with Crippen LogP contribution in [0, 0.1) is 0 Å². The van der Waals surface area contributed by atoms with Gasteiger partial charge in [0.2, 0.25) is 0 Å². The molecule has 0 amide bonds. The Morgan fingerprint density at radius 2 is 1.22 bits per heavy atom. The van der Waals surface area contributed by atoms with Crippen molar-refractivity contribution in [1.29, 1.82) is 0 Å². The Bertz CT molecular complexity index is 1280. The van der Waals surface area contributed by atoms with E-state index < -0.39 is 18.4 Å². The van der Waals surface area contributed by atoms with Gasteiger partial charge in [-0.05, 0) is 0 Å². The van der Waals surface area contributed by atoms with Crippen molar-refractivity contribution in [2.45, 2.75) is 78.5 Å². The third-order valence-corrected chi connectivity index (χ3v) is 24.3. The molecule has 0 aromatic heterocycles. The average molecular weight is 581 g/mol. The molecule has 4 aromatic carbocycles. The van der Waals surface area contributed by atoms with Crippen LogP contribution in [0.25, 0.3) is 21.9 Å². The van der Waals surface area contributed by atoms with Gasteiger partial charge < -0.3 is 0 Å². The molecule has 0 saturated carbocycles. The van der Waals surface area contributed by atoms with Crippen LogP contribution in [0.2, 0.25) is 13.3 Å². The molecule has 186 valence electrons. The quantitative estimate of drug-likeness (QED) is 0.136. The molecule has 1 heteroatoms. The van der Waals surface area contributed by atoms with Crippen LogP contribution in [0.3, 0.4) is 0 Å². The number of fused-ring (bicyclic) bond motifs is 5. The van der Waals surface area contributed by atoms with Gasteiger partial charge in [0, 0.05) is 0 Å². The first-order valence-corrected chi connectivity index (χ1v) is 21.9. The van der Waals surface area contributed by atoms with Gasteiger partial charge in [-0.3, -0.25) is 0 Å². The number of benzene rings is 4. The molecule has 5 rings (SSSR count). The van der Waals surface area contributed by atoms with Gasteiger partial charge in [0.15, 0.2) is 0 Å². The maximum atomic E-state index is 2.70. The third-order valence-electron chi connectivity index (χ3n) is 8.65. The fraction of sp³-hybridized carbons (Fsp3) is 0.371. The van der Waals surface area contributed by atoms with Crippen LogP contribution >= 0.6 is 0 Å².